The number of pyridine rings is 1. The lowest BCUT2D eigenvalue weighted by Gasteiger charge is -2.05. The van der Waals surface area contributed by atoms with E-state index in [0.717, 1.165) is 22.9 Å². The van der Waals surface area contributed by atoms with Crippen LogP contribution in [0, 0.1) is 0 Å². The van der Waals surface area contributed by atoms with E-state index in [1.54, 1.807) is 24.4 Å². The minimum absolute atomic E-state index is 0.220. The van der Waals surface area contributed by atoms with Gasteiger partial charge in [0.25, 0.3) is 0 Å². The number of carbonyl (C=O) groups excluding carboxylic acids is 1. The first-order chi connectivity index (χ1) is 10.1. The zero-order chi connectivity index (χ0) is 15.0. The molecule has 21 heavy (non-hydrogen) atoms. The van der Waals surface area contributed by atoms with Gasteiger partial charge in [0.1, 0.15) is 5.69 Å². The van der Waals surface area contributed by atoms with Gasteiger partial charge in [-0.3, -0.25) is 9.78 Å². The lowest BCUT2D eigenvalue weighted by Crippen LogP contribution is -2.06. The second-order valence-electron chi connectivity index (χ2n) is 4.73. The van der Waals surface area contributed by atoms with Crippen LogP contribution in [0.15, 0.2) is 36.5 Å². The third-order valence-corrected chi connectivity index (χ3v) is 4.05. The summed E-state index contributed by atoms with van der Waals surface area (Å²) in [6, 6.07) is 9.04. The van der Waals surface area contributed by atoms with Crippen LogP contribution in [0.5, 0.6) is 0 Å². The Labute approximate surface area is 131 Å². The van der Waals surface area contributed by atoms with Gasteiger partial charge in [-0.25, -0.2) is 0 Å². The fourth-order valence-corrected chi connectivity index (χ4v) is 2.77. The molecule has 0 bridgehead atoms. The maximum Gasteiger partial charge on any atom is 0.229 e. The van der Waals surface area contributed by atoms with Gasteiger partial charge in [-0.1, -0.05) is 36.2 Å². The van der Waals surface area contributed by atoms with Crippen molar-refractivity contribution in [1.82, 2.24) is 9.97 Å². The predicted molar refractivity (Wildman–Crippen MR) is 85.4 cm³/mol. The zero-order valence-corrected chi connectivity index (χ0v) is 12.8. The van der Waals surface area contributed by atoms with E-state index in [0.29, 0.717) is 15.7 Å². The molecule has 3 aromatic rings. The topological polar surface area (TPSA) is 45.8 Å². The van der Waals surface area contributed by atoms with Gasteiger partial charge in [0, 0.05) is 22.1 Å². The van der Waals surface area contributed by atoms with E-state index < -0.39 is 0 Å². The first kappa shape index (κ1) is 14.1. The summed E-state index contributed by atoms with van der Waals surface area (Å²) in [5.74, 6) is -0.220. The SMILES string of the molecule is CCc1ccnc(C(=O)c2cc3ccc(Cl)cc3[nH]2)c1Cl. The minimum atomic E-state index is -0.220. The molecule has 0 saturated heterocycles. The summed E-state index contributed by atoms with van der Waals surface area (Å²) in [5.41, 5.74) is 2.45. The third-order valence-electron chi connectivity index (χ3n) is 3.39. The lowest BCUT2D eigenvalue weighted by atomic mass is 10.1. The van der Waals surface area contributed by atoms with Gasteiger partial charge < -0.3 is 4.98 Å². The minimum Gasteiger partial charge on any atom is -0.352 e. The Morgan fingerprint density at radius 2 is 2.05 bits per heavy atom. The van der Waals surface area contributed by atoms with Crippen molar-refractivity contribution in [1.29, 1.82) is 0 Å². The zero-order valence-electron chi connectivity index (χ0n) is 11.3. The summed E-state index contributed by atoms with van der Waals surface area (Å²) >= 11 is 12.2. The molecule has 0 unspecified atom stereocenters. The van der Waals surface area contributed by atoms with Crippen LogP contribution in [0.25, 0.3) is 10.9 Å². The van der Waals surface area contributed by atoms with Crippen molar-refractivity contribution in [2.45, 2.75) is 13.3 Å². The van der Waals surface area contributed by atoms with Crippen LogP contribution in [0.4, 0.5) is 0 Å². The highest BCUT2D eigenvalue weighted by Crippen LogP contribution is 2.25. The number of hydrogen-bond donors (Lipinski definition) is 1. The van der Waals surface area contributed by atoms with Crippen molar-refractivity contribution in [3.8, 4) is 0 Å². The molecular formula is C16H12Cl2N2O. The summed E-state index contributed by atoms with van der Waals surface area (Å²) in [6.07, 6.45) is 2.36. The van der Waals surface area contributed by atoms with Crippen molar-refractivity contribution in [2.24, 2.45) is 0 Å². The Hall–Kier alpha value is -1.84. The van der Waals surface area contributed by atoms with Gasteiger partial charge in [0.15, 0.2) is 0 Å². The van der Waals surface area contributed by atoms with E-state index in [1.807, 2.05) is 19.1 Å². The average molecular weight is 319 g/mol. The fraction of sp³-hybridized carbons (Fsp3) is 0.125. The number of aryl methyl sites for hydroxylation is 1. The van der Waals surface area contributed by atoms with Gasteiger partial charge in [-0.2, -0.15) is 0 Å². The van der Waals surface area contributed by atoms with E-state index in [4.69, 9.17) is 23.2 Å². The normalized spacial score (nSPS) is 11.0. The molecule has 0 fully saturated rings. The van der Waals surface area contributed by atoms with E-state index in [9.17, 15) is 4.79 Å². The monoisotopic (exact) mass is 318 g/mol. The van der Waals surface area contributed by atoms with Gasteiger partial charge in [-0.05, 0) is 36.2 Å². The van der Waals surface area contributed by atoms with Crippen molar-refractivity contribution < 1.29 is 4.79 Å². The first-order valence-electron chi connectivity index (χ1n) is 6.56. The third kappa shape index (κ3) is 2.55. The highest BCUT2D eigenvalue weighted by Gasteiger charge is 2.18. The number of aromatic amines is 1. The van der Waals surface area contributed by atoms with Gasteiger partial charge in [-0.15, -0.1) is 0 Å². The molecule has 1 aromatic carbocycles. The van der Waals surface area contributed by atoms with E-state index in [-0.39, 0.29) is 11.5 Å². The van der Waals surface area contributed by atoms with Gasteiger partial charge in [0.2, 0.25) is 5.78 Å². The second kappa shape index (κ2) is 5.51. The molecule has 0 spiro atoms. The van der Waals surface area contributed by atoms with Crippen LogP contribution in [0.3, 0.4) is 0 Å². The lowest BCUT2D eigenvalue weighted by molar-refractivity contribution is 0.103. The molecule has 2 aromatic heterocycles. The average Bonchev–Trinajstić information content (AvgIpc) is 2.89. The number of ketones is 1. The highest BCUT2D eigenvalue weighted by atomic mass is 35.5. The maximum atomic E-state index is 12.6. The number of nitrogens with zero attached hydrogens (tertiary/aromatic N) is 1. The van der Waals surface area contributed by atoms with Crippen molar-refractivity contribution in [2.75, 3.05) is 0 Å². The number of carbonyl (C=O) groups is 1. The predicted octanol–water partition coefficient (Wildman–Crippen LogP) is 4.66. The van der Waals surface area contributed by atoms with Crippen LogP contribution < -0.4 is 0 Å². The molecule has 3 nitrogen and oxygen atoms in total. The molecule has 0 atom stereocenters. The number of fused-ring (bicyclic) bond motifs is 1. The highest BCUT2D eigenvalue weighted by molar-refractivity contribution is 6.35. The summed E-state index contributed by atoms with van der Waals surface area (Å²) < 4.78 is 0. The molecule has 0 saturated carbocycles. The first-order valence-corrected chi connectivity index (χ1v) is 7.32. The molecular weight excluding hydrogens is 307 g/mol. The molecule has 5 heteroatoms. The van der Waals surface area contributed by atoms with Gasteiger partial charge in [0.05, 0.1) is 10.7 Å². The number of aromatic nitrogens is 2. The standard InChI is InChI=1S/C16H12Cl2N2O/c1-2-9-5-6-19-15(14(9)18)16(21)13-7-10-3-4-11(17)8-12(10)20-13/h3-8,20H,2H2,1H3. The molecule has 0 aliphatic heterocycles. The molecule has 3 rings (SSSR count). The Kier molecular flexibility index (Phi) is 3.70. The van der Waals surface area contributed by atoms with Crippen LogP contribution in [0.1, 0.15) is 28.7 Å². The second-order valence-corrected chi connectivity index (χ2v) is 5.54. The summed E-state index contributed by atoms with van der Waals surface area (Å²) in [5, 5.41) is 1.96. The van der Waals surface area contributed by atoms with Crippen LogP contribution in [-0.4, -0.2) is 15.8 Å². The number of hydrogen-bond acceptors (Lipinski definition) is 2. The van der Waals surface area contributed by atoms with E-state index >= 15 is 0 Å². The van der Waals surface area contributed by atoms with Crippen LogP contribution in [0.2, 0.25) is 10.0 Å². The van der Waals surface area contributed by atoms with Crippen molar-refractivity contribution in [3.63, 3.8) is 0 Å². The fourth-order valence-electron chi connectivity index (χ4n) is 2.26. The smallest absolute Gasteiger partial charge is 0.229 e. The van der Waals surface area contributed by atoms with Crippen molar-refractivity contribution in [3.05, 3.63) is 63.5 Å². The summed E-state index contributed by atoms with van der Waals surface area (Å²) in [7, 11) is 0. The molecule has 1 N–H and O–H groups in total. The number of H-pyrrole nitrogens is 1. The molecule has 0 aliphatic rings. The van der Waals surface area contributed by atoms with Crippen molar-refractivity contribution >= 4 is 39.9 Å². The number of nitrogens with one attached hydrogen (secondary N) is 1. The Morgan fingerprint density at radius 1 is 1.24 bits per heavy atom. The Balaban J connectivity index is 2.08. The summed E-state index contributed by atoms with van der Waals surface area (Å²) in [4.78, 5) is 19.8. The van der Waals surface area contributed by atoms with Gasteiger partial charge >= 0.3 is 0 Å². The van der Waals surface area contributed by atoms with Crippen LogP contribution in [-0.2, 0) is 6.42 Å². The molecule has 0 amide bonds. The quantitative estimate of drug-likeness (QED) is 0.714. The maximum absolute atomic E-state index is 12.6. The number of rotatable bonds is 3. The molecule has 0 radical (unpaired) electrons. The molecule has 106 valence electrons. The number of halogens is 2. The van der Waals surface area contributed by atoms with Crippen LogP contribution >= 0.6 is 23.2 Å². The number of benzene rings is 1. The molecule has 2 heterocycles. The van der Waals surface area contributed by atoms with E-state index in [1.165, 1.54) is 0 Å². The largest absolute Gasteiger partial charge is 0.352 e. The Morgan fingerprint density at radius 3 is 2.81 bits per heavy atom. The van der Waals surface area contributed by atoms with E-state index in [2.05, 4.69) is 9.97 Å². The molecule has 0 aliphatic carbocycles. The Bertz CT molecular complexity index is 839. The summed E-state index contributed by atoms with van der Waals surface area (Å²) in [6.45, 7) is 1.99.